The van der Waals surface area contributed by atoms with E-state index >= 15 is 0 Å². The van der Waals surface area contributed by atoms with Crippen LogP contribution in [0.25, 0.3) is 0 Å². The molecule has 130 valence electrons. The monoisotopic (exact) mass is 328 g/mol. The largest absolute Gasteiger partial charge is 0.396 e. The van der Waals surface area contributed by atoms with Crippen molar-refractivity contribution in [2.75, 3.05) is 26.2 Å². The first-order valence-corrected chi connectivity index (χ1v) is 9.05. The van der Waals surface area contributed by atoms with Crippen LogP contribution >= 0.6 is 0 Å². The molecule has 1 N–H and O–H groups in total. The minimum atomic E-state index is 0.136. The summed E-state index contributed by atoms with van der Waals surface area (Å²) in [5.41, 5.74) is 2.32. The Morgan fingerprint density at radius 1 is 1.21 bits per heavy atom. The Morgan fingerprint density at radius 2 is 1.96 bits per heavy atom. The maximum atomic E-state index is 8.98. The fourth-order valence-corrected chi connectivity index (χ4v) is 3.45. The maximum Gasteiger partial charge on any atom is 0.0850 e. The topological polar surface area (TPSA) is 54.2 Å². The Hall–Kier alpha value is -1.72. The van der Waals surface area contributed by atoms with Gasteiger partial charge in [0, 0.05) is 32.3 Å². The normalized spacial score (nSPS) is 17.9. The van der Waals surface area contributed by atoms with E-state index in [0.29, 0.717) is 18.4 Å². The Kier molecular flexibility index (Phi) is 5.99. The summed E-state index contributed by atoms with van der Waals surface area (Å²) in [4.78, 5) is 2.57. The highest BCUT2D eigenvalue weighted by atomic mass is 16.3. The van der Waals surface area contributed by atoms with Crippen LogP contribution in [-0.2, 0) is 6.42 Å². The van der Waals surface area contributed by atoms with Crippen LogP contribution in [0.15, 0.2) is 36.5 Å². The molecule has 1 aliphatic heterocycles. The van der Waals surface area contributed by atoms with Crippen LogP contribution in [0.5, 0.6) is 0 Å². The van der Waals surface area contributed by atoms with Crippen LogP contribution in [0.4, 0.5) is 0 Å². The van der Waals surface area contributed by atoms with Crippen LogP contribution < -0.4 is 0 Å². The van der Waals surface area contributed by atoms with Crippen LogP contribution in [-0.4, -0.2) is 51.2 Å². The molecule has 24 heavy (non-hydrogen) atoms. The summed E-state index contributed by atoms with van der Waals surface area (Å²) < 4.78 is 1.99. The van der Waals surface area contributed by atoms with E-state index in [1.165, 1.54) is 12.0 Å². The average molecular weight is 328 g/mol. The molecular weight excluding hydrogens is 300 g/mol. The minimum absolute atomic E-state index is 0.136. The first-order chi connectivity index (χ1) is 11.8. The molecule has 1 saturated heterocycles. The molecule has 2 heterocycles. The van der Waals surface area contributed by atoms with Crippen molar-refractivity contribution in [2.24, 2.45) is 0 Å². The van der Waals surface area contributed by atoms with Gasteiger partial charge in [0.1, 0.15) is 0 Å². The number of aromatic nitrogens is 3. The number of benzene rings is 1. The second kappa shape index (κ2) is 8.40. The first-order valence-electron chi connectivity index (χ1n) is 9.05. The summed E-state index contributed by atoms with van der Waals surface area (Å²) in [7, 11) is 0. The zero-order valence-electron chi connectivity index (χ0n) is 14.5. The molecule has 2 aromatic rings. The SMILES string of the molecule is C[C@H](CCN1CCC(n2cc(CCO)nn2)CC1)c1ccccc1. The summed E-state index contributed by atoms with van der Waals surface area (Å²) >= 11 is 0. The lowest BCUT2D eigenvalue weighted by molar-refractivity contribution is 0.174. The summed E-state index contributed by atoms with van der Waals surface area (Å²) in [5, 5.41) is 17.3. The summed E-state index contributed by atoms with van der Waals surface area (Å²) in [6, 6.07) is 11.2. The third-order valence-corrected chi connectivity index (χ3v) is 5.10. The molecular formula is C19H28N4O. The van der Waals surface area contributed by atoms with E-state index in [2.05, 4.69) is 52.5 Å². The van der Waals surface area contributed by atoms with Gasteiger partial charge in [0.15, 0.2) is 0 Å². The maximum absolute atomic E-state index is 8.98. The molecule has 5 nitrogen and oxygen atoms in total. The highest BCUT2D eigenvalue weighted by Crippen LogP contribution is 2.24. The molecule has 1 aromatic heterocycles. The van der Waals surface area contributed by atoms with E-state index in [1.54, 1.807) is 0 Å². The highest BCUT2D eigenvalue weighted by molar-refractivity contribution is 5.18. The second-order valence-corrected chi connectivity index (χ2v) is 6.84. The van der Waals surface area contributed by atoms with Crippen molar-refractivity contribution < 1.29 is 5.11 Å². The van der Waals surface area contributed by atoms with Crippen LogP contribution in [0.3, 0.4) is 0 Å². The Bertz CT molecular complexity index is 605. The molecule has 5 heteroatoms. The van der Waals surface area contributed by atoms with Crippen molar-refractivity contribution in [3.63, 3.8) is 0 Å². The Labute approximate surface area is 144 Å². The molecule has 1 atom stereocenters. The number of aliphatic hydroxyl groups is 1. The number of likely N-dealkylation sites (tertiary alicyclic amines) is 1. The van der Waals surface area contributed by atoms with Crippen molar-refractivity contribution in [2.45, 2.75) is 44.6 Å². The quantitative estimate of drug-likeness (QED) is 0.849. The van der Waals surface area contributed by atoms with E-state index < -0.39 is 0 Å². The molecule has 3 rings (SSSR count). The van der Waals surface area contributed by atoms with Crippen molar-refractivity contribution in [3.8, 4) is 0 Å². The number of rotatable bonds is 7. The lowest BCUT2D eigenvalue weighted by Gasteiger charge is -2.32. The number of hydrogen-bond donors (Lipinski definition) is 1. The Balaban J connectivity index is 1.43. The standard InChI is InChI=1S/C19H28N4O/c1-16(17-5-3-2-4-6-17)7-11-22-12-8-19(9-13-22)23-15-18(10-14-24)20-21-23/h2-6,15-16,19,24H,7-14H2,1H3/t16-/m1/s1. The van der Waals surface area contributed by atoms with Crippen molar-refractivity contribution >= 4 is 0 Å². The minimum Gasteiger partial charge on any atom is -0.396 e. The van der Waals surface area contributed by atoms with Crippen LogP contribution in [0.2, 0.25) is 0 Å². The summed E-state index contributed by atoms with van der Waals surface area (Å²) in [5.74, 6) is 0.611. The summed E-state index contributed by atoms with van der Waals surface area (Å²) in [6.45, 7) is 5.87. The fourth-order valence-electron chi connectivity index (χ4n) is 3.45. The first kappa shape index (κ1) is 17.1. The van der Waals surface area contributed by atoms with E-state index in [-0.39, 0.29) is 6.61 Å². The third kappa shape index (κ3) is 4.42. The van der Waals surface area contributed by atoms with Gasteiger partial charge in [-0.2, -0.15) is 0 Å². The molecule has 1 aliphatic rings. The molecule has 0 radical (unpaired) electrons. The van der Waals surface area contributed by atoms with Crippen LogP contribution in [0.1, 0.15) is 49.4 Å². The molecule has 1 fully saturated rings. The van der Waals surface area contributed by atoms with E-state index in [4.69, 9.17) is 5.11 Å². The van der Waals surface area contributed by atoms with E-state index in [0.717, 1.165) is 38.2 Å². The van der Waals surface area contributed by atoms with Crippen molar-refractivity contribution in [3.05, 3.63) is 47.8 Å². The molecule has 1 aromatic carbocycles. The molecule has 0 saturated carbocycles. The third-order valence-electron chi connectivity index (χ3n) is 5.10. The lowest BCUT2D eigenvalue weighted by atomic mass is 9.97. The predicted molar refractivity (Wildman–Crippen MR) is 95.0 cm³/mol. The van der Waals surface area contributed by atoms with Gasteiger partial charge in [-0.25, -0.2) is 4.68 Å². The zero-order chi connectivity index (χ0) is 16.8. The van der Waals surface area contributed by atoms with Gasteiger partial charge in [0.2, 0.25) is 0 Å². The Morgan fingerprint density at radius 3 is 2.67 bits per heavy atom. The lowest BCUT2D eigenvalue weighted by Crippen LogP contribution is -2.35. The van der Waals surface area contributed by atoms with Gasteiger partial charge < -0.3 is 10.0 Å². The second-order valence-electron chi connectivity index (χ2n) is 6.84. The number of aliphatic hydroxyl groups excluding tert-OH is 1. The number of nitrogens with zero attached hydrogens (tertiary/aromatic N) is 4. The van der Waals surface area contributed by atoms with Crippen molar-refractivity contribution in [1.29, 1.82) is 0 Å². The van der Waals surface area contributed by atoms with Gasteiger partial charge in [0.05, 0.1) is 11.7 Å². The molecule has 0 spiro atoms. The fraction of sp³-hybridized carbons (Fsp3) is 0.579. The molecule has 0 amide bonds. The van der Waals surface area contributed by atoms with Gasteiger partial charge in [-0.15, -0.1) is 5.10 Å². The van der Waals surface area contributed by atoms with Crippen LogP contribution in [0, 0.1) is 0 Å². The number of piperidine rings is 1. The molecule has 0 bridgehead atoms. The van der Waals surface area contributed by atoms with E-state index in [9.17, 15) is 0 Å². The van der Waals surface area contributed by atoms with Gasteiger partial charge in [0.25, 0.3) is 0 Å². The van der Waals surface area contributed by atoms with E-state index in [1.807, 2.05) is 10.9 Å². The van der Waals surface area contributed by atoms with Gasteiger partial charge in [-0.1, -0.05) is 42.5 Å². The highest BCUT2D eigenvalue weighted by Gasteiger charge is 2.21. The molecule has 0 unspecified atom stereocenters. The van der Waals surface area contributed by atoms with Gasteiger partial charge in [-0.3, -0.25) is 0 Å². The van der Waals surface area contributed by atoms with Crippen molar-refractivity contribution in [1.82, 2.24) is 19.9 Å². The summed E-state index contributed by atoms with van der Waals surface area (Å²) in [6.07, 6.45) is 6.05. The smallest absolute Gasteiger partial charge is 0.0850 e. The van der Waals surface area contributed by atoms with Gasteiger partial charge >= 0.3 is 0 Å². The number of hydrogen-bond acceptors (Lipinski definition) is 4. The van der Waals surface area contributed by atoms with Gasteiger partial charge in [-0.05, 0) is 37.3 Å². The predicted octanol–water partition coefficient (Wildman–Crippen LogP) is 2.64. The average Bonchev–Trinajstić information content (AvgIpc) is 3.10. The zero-order valence-corrected chi connectivity index (χ0v) is 14.5. The molecule has 0 aliphatic carbocycles.